The van der Waals surface area contributed by atoms with Crippen LogP contribution in [0.25, 0.3) is 5.52 Å². The number of hydrogen-bond donors (Lipinski definition) is 0. The highest BCUT2D eigenvalue weighted by atomic mass is 79.9. The molecule has 0 spiro atoms. The van der Waals surface area contributed by atoms with E-state index in [1.807, 2.05) is 4.52 Å². The molecule has 26 heavy (non-hydrogen) atoms. The van der Waals surface area contributed by atoms with Crippen molar-refractivity contribution in [2.45, 2.75) is 42.1 Å². The predicted molar refractivity (Wildman–Crippen MR) is 101 cm³/mol. The molecule has 2 aliphatic heterocycles. The zero-order chi connectivity index (χ0) is 17.9. The minimum atomic E-state index is -3.08. The number of rotatable bonds is 4. The van der Waals surface area contributed by atoms with Crippen LogP contribution in [-0.2, 0) is 14.6 Å². The van der Waals surface area contributed by atoms with Crippen molar-refractivity contribution in [3.05, 3.63) is 22.6 Å². The van der Waals surface area contributed by atoms with Crippen molar-refractivity contribution < 1.29 is 13.2 Å². The maximum atomic E-state index is 12.6. The van der Waals surface area contributed by atoms with E-state index in [0.717, 1.165) is 15.9 Å². The van der Waals surface area contributed by atoms with Crippen LogP contribution in [0.2, 0.25) is 0 Å². The minimum Gasteiger partial charge on any atom is -0.379 e. The highest BCUT2D eigenvalue weighted by Crippen LogP contribution is 2.45. The molecule has 4 heterocycles. The van der Waals surface area contributed by atoms with Crippen LogP contribution < -0.4 is 4.90 Å². The van der Waals surface area contributed by atoms with Crippen LogP contribution in [0, 0.1) is 0 Å². The monoisotopic (exact) mass is 440 g/mol. The average Bonchev–Trinajstić information content (AvgIpc) is 3.37. The first-order chi connectivity index (χ1) is 12.6. The van der Waals surface area contributed by atoms with E-state index in [0.29, 0.717) is 45.1 Å². The molecule has 1 saturated carbocycles. The standard InChI is InChI=1S/C17H21BrN4O3S/c18-15-7-14(11-1-2-11)16-17(19-10-20-22(15)16)21-5-3-12(4-6-21)26(23,24)13-8-25-9-13/h7,10-13H,1-6,8-9H2. The van der Waals surface area contributed by atoms with Gasteiger partial charge in [-0.2, -0.15) is 5.10 Å². The number of hydrogen-bond acceptors (Lipinski definition) is 6. The molecule has 140 valence electrons. The summed E-state index contributed by atoms with van der Waals surface area (Å²) in [6.45, 7) is 2.13. The molecule has 0 N–H and O–H groups in total. The number of fused-ring (bicyclic) bond motifs is 1. The van der Waals surface area contributed by atoms with Crippen LogP contribution in [0.15, 0.2) is 17.0 Å². The van der Waals surface area contributed by atoms with Gasteiger partial charge in [0.1, 0.15) is 21.7 Å². The van der Waals surface area contributed by atoms with Gasteiger partial charge in [0.15, 0.2) is 15.7 Å². The van der Waals surface area contributed by atoms with Gasteiger partial charge in [-0.05, 0) is 59.2 Å². The molecule has 0 unspecified atom stereocenters. The van der Waals surface area contributed by atoms with Gasteiger partial charge in [0.05, 0.1) is 18.5 Å². The highest BCUT2D eigenvalue weighted by Gasteiger charge is 2.40. The Morgan fingerprint density at radius 1 is 1.12 bits per heavy atom. The van der Waals surface area contributed by atoms with Crippen molar-refractivity contribution in [3.63, 3.8) is 0 Å². The summed E-state index contributed by atoms with van der Waals surface area (Å²) in [5.74, 6) is 1.52. The molecule has 0 atom stereocenters. The number of nitrogens with zero attached hydrogens (tertiary/aromatic N) is 4. The number of anilines is 1. The van der Waals surface area contributed by atoms with Gasteiger partial charge in [-0.25, -0.2) is 17.9 Å². The maximum absolute atomic E-state index is 12.6. The molecule has 0 amide bonds. The molecule has 0 aromatic carbocycles. The second kappa shape index (κ2) is 6.17. The third kappa shape index (κ3) is 2.66. The van der Waals surface area contributed by atoms with Crippen molar-refractivity contribution in [2.24, 2.45) is 0 Å². The van der Waals surface area contributed by atoms with Crippen molar-refractivity contribution in [3.8, 4) is 0 Å². The van der Waals surface area contributed by atoms with Crippen LogP contribution in [0.4, 0.5) is 5.82 Å². The molecule has 3 aliphatic rings. The SMILES string of the molecule is O=S(=O)(C1CCN(c2ncnn3c(Br)cc(C4CC4)c23)CC1)C1COC1. The van der Waals surface area contributed by atoms with E-state index in [4.69, 9.17) is 4.74 Å². The second-order valence-electron chi connectivity index (χ2n) is 7.48. The molecule has 3 fully saturated rings. The fourth-order valence-electron chi connectivity index (χ4n) is 4.03. The molecule has 5 rings (SSSR count). The van der Waals surface area contributed by atoms with E-state index in [2.05, 4.69) is 37.0 Å². The lowest BCUT2D eigenvalue weighted by molar-refractivity contribution is 0.0411. The lowest BCUT2D eigenvalue weighted by Gasteiger charge is -2.36. The van der Waals surface area contributed by atoms with Crippen molar-refractivity contribution in [1.29, 1.82) is 0 Å². The van der Waals surface area contributed by atoms with Gasteiger partial charge in [-0.3, -0.25) is 0 Å². The van der Waals surface area contributed by atoms with Gasteiger partial charge in [0.2, 0.25) is 0 Å². The number of aromatic nitrogens is 3. The molecule has 9 heteroatoms. The zero-order valence-corrected chi connectivity index (χ0v) is 16.7. The number of halogens is 1. The van der Waals surface area contributed by atoms with Gasteiger partial charge in [0.25, 0.3) is 0 Å². The Kier molecular flexibility index (Phi) is 4.02. The molecular weight excluding hydrogens is 420 g/mol. The van der Waals surface area contributed by atoms with Crippen LogP contribution >= 0.6 is 15.9 Å². The van der Waals surface area contributed by atoms with E-state index in [1.54, 1.807) is 6.33 Å². The normalized spacial score (nSPS) is 22.7. The topological polar surface area (TPSA) is 76.8 Å². The Labute approximate surface area is 160 Å². The Morgan fingerprint density at radius 2 is 1.85 bits per heavy atom. The molecular formula is C17H21BrN4O3S. The predicted octanol–water partition coefficient (Wildman–Crippen LogP) is 2.15. The summed E-state index contributed by atoms with van der Waals surface area (Å²) in [5, 5.41) is 3.83. The lowest BCUT2D eigenvalue weighted by atomic mass is 10.1. The number of sulfone groups is 1. The molecule has 2 aromatic rings. The molecule has 2 saturated heterocycles. The first-order valence-corrected chi connectivity index (χ1v) is 11.5. The molecule has 0 bridgehead atoms. The summed E-state index contributed by atoms with van der Waals surface area (Å²) in [7, 11) is -3.08. The summed E-state index contributed by atoms with van der Waals surface area (Å²) >= 11 is 3.60. The molecule has 1 aliphatic carbocycles. The number of ether oxygens (including phenoxy) is 1. The van der Waals surface area contributed by atoms with Crippen molar-refractivity contribution >= 4 is 37.1 Å². The van der Waals surface area contributed by atoms with Gasteiger partial charge < -0.3 is 9.64 Å². The first kappa shape index (κ1) is 16.9. The van der Waals surface area contributed by atoms with Gasteiger partial charge >= 0.3 is 0 Å². The Balaban J connectivity index is 1.42. The Morgan fingerprint density at radius 3 is 2.46 bits per heavy atom. The summed E-state index contributed by atoms with van der Waals surface area (Å²) < 4.78 is 33.2. The van der Waals surface area contributed by atoms with Gasteiger partial charge in [-0.1, -0.05) is 0 Å². The van der Waals surface area contributed by atoms with E-state index in [1.165, 1.54) is 18.4 Å². The average molecular weight is 441 g/mol. The Bertz CT molecular complexity index is 944. The molecule has 7 nitrogen and oxygen atoms in total. The summed E-state index contributed by atoms with van der Waals surface area (Å²) in [6, 6.07) is 2.15. The van der Waals surface area contributed by atoms with Gasteiger partial charge in [-0.15, -0.1) is 0 Å². The fraction of sp³-hybridized carbons (Fsp3) is 0.647. The molecule has 0 radical (unpaired) electrons. The third-order valence-electron chi connectivity index (χ3n) is 5.82. The largest absolute Gasteiger partial charge is 0.379 e. The lowest BCUT2D eigenvalue weighted by Crippen LogP contribution is -2.49. The second-order valence-corrected chi connectivity index (χ2v) is 10.8. The summed E-state index contributed by atoms with van der Waals surface area (Å²) in [5.41, 5.74) is 2.37. The summed E-state index contributed by atoms with van der Waals surface area (Å²) in [6.07, 6.45) is 5.30. The quantitative estimate of drug-likeness (QED) is 0.724. The smallest absolute Gasteiger partial charge is 0.160 e. The Hall–Kier alpha value is -1.19. The van der Waals surface area contributed by atoms with E-state index < -0.39 is 9.84 Å². The third-order valence-corrected chi connectivity index (χ3v) is 8.98. The first-order valence-electron chi connectivity index (χ1n) is 9.13. The van der Waals surface area contributed by atoms with E-state index in [-0.39, 0.29) is 10.5 Å². The van der Waals surface area contributed by atoms with E-state index >= 15 is 0 Å². The highest BCUT2D eigenvalue weighted by molar-refractivity contribution is 9.10. The maximum Gasteiger partial charge on any atom is 0.160 e. The van der Waals surface area contributed by atoms with Crippen molar-refractivity contribution in [2.75, 3.05) is 31.2 Å². The van der Waals surface area contributed by atoms with Crippen LogP contribution in [-0.4, -0.2) is 59.8 Å². The van der Waals surface area contributed by atoms with Crippen LogP contribution in [0.3, 0.4) is 0 Å². The molecule has 2 aromatic heterocycles. The minimum absolute atomic E-state index is 0.257. The van der Waals surface area contributed by atoms with E-state index in [9.17, 15) is 8.42 Å². The zero-order valence-electron chi connectivity index (χ0n) is 14.3. The fourth-order valence-corrected chi connectivity index (χ4v) is 6.53. The van der Waals surface area contributed by atoms with Crippen LogP contribution in [0.5, 0.6) is 0 Å². The van der Waals surface area contributed by atoms with Crippen molar-refractivity contribution in [1.82, 2.24) is 14.6 Å². The van der Waals surface area contributed by atoms with Gasteiger partial charge in [0, 0.05) is 13.1 Å². The van der Waals surface area contributed by atoms with Crippen LogP contribution in [0.1, 0.15) is 37.2 Å². The summed E-state index contributed by atoms with van der Waals surface area (Å²) in [4.78, 5) is 6.79. The number of piperidine rings is 1.